The predicted molar refractivity (Wildman–Crippen MR) is 111 cm³/mol. The molecule has 4 nitrogen and oxygen atoms in total. The molecule has 0 aliphatic heterocycles. The maximum atomic E-state index is 13.2. The Hall–Kier alpha value is -2.33. The van der Waals surface area contributed by atoms with Crippen LogP contribution in [0.25, 0.3) is 0 Å². The van der Waals surface area contributed by atoms with E-state index in [0.29, 0.717) is 5.02 Å². The zero-order valence-electron chi connectivity index (χ0n) is 16.5. The van der Waals surface area contributed by atoms with E-state index >= 15 is 0 Å². The van der Waals surface area contributed by atoms with Gasteiger partial charge in [0.2, 0.25) is 11.8 Å². The Labute approximate surface area is 166 Å². The van der Waals surface area contributed by atoms with E-state index in [1.807, 2.05) is 62.9 Å². The van der Waals surface area contributed by atoms with Crippen LogP contribution < -0.4 is 10.2 Å². The Morgan fingerprint density at radius 1 is 1.07 bits per heavy atom. The molecule has 5 heteroatoms. The molecule has 0 fully saturated rings. The Kier molecular flexibility index (Phi) is 7.03. The molecule has 0 spiro atoms. The van der Waals surface area contributed by atoms with Crippen molar-refractivity contribution >= 4 is 29.1 Å². The van der Waals surface area contributed by atoms with Crippen LogP contribution in [0.15, 0.2) is 42.5 Å². The highest BCUT2D eigenvalue weighted by molar-refractivity contribution is 6.30. The molecular formula is C22H27ClN2O2. The minimum Gasteiger partial charge on any atom is -0.349 e. The fraction of sp³-hybridized carbons (Fsp3) is 0.364. The summed E-state index contributed by atoms with van der Waals surface area (Å²) in [5, 5.41) is 3.50. The van der Waals surface area contributed by atoms with E-state index in [9.17, 15) is 9.59 Å². The quantitative estimate of drug-likeness (QED) is 0.762. The van der Waals surface area contributed by atoms with Crippen LogP contribution >= 0.6 is 11.6 Å². The number of nitrogens with one attached hydrogen (secondary N) is 1. The van der Waals surface area contributed by atoms with Crippen LogP contribution in [-0.2, 0) is 9.59 Å². The molecule has 2 aromatic rings. The van der Waals surface area contributed by atoms with Gasteiger partial charge in [0.1, 0.15) is 0 Å². The van der Waals surface area contributed by atoms with Crippen molar-refractivity contribution in [3.63, 3.8) is 0 Å². The fourth-order valence-corrected chi connectivity index (χ4v) is 3.27. The van der Waals surface area contributed by atoms with Crippen molar-refractivity contribution in [2.75, 3.05) is 4.90 Å². The summed E-state index contributed by atoms with van der Waals surface area (Å²) >= 11 is 5.97. The van der Waals surface area contributed by atoms with Crippen molar-refractivity contribution in [3.05, 3.63) is 64.2 Å². The molecule has 0 saturated carbocycles. The van der Waals surface area contributed by atoms with Crippen molar-refractivity contribution in [2.24, 2.45) is 0 Å². The lowest BCUT2D eigenvalue weighted by atomic mass is 10.0. The summed E-state index contributed by atoms with van der Waals surface area (Å²) < 4.78 is 0. The second-order valence-corrected chi connectivity index (χ2v) is 7.59. The zero-order chi connectivity index (χ0) is 20.1. The molecule has 0 saturated heterocycles. The number of hydrogen-bond acceptors (Lipinski definition) is 2. The number of rotatable bonds is 6. The third-order valence-corrected chi connectivity index (χ3v) is 4.69. The standard InChI is InChI=1S/C22H27ClN2O2/c1-14(2)25(21-12-15(3)6-7-16(21)4)22(27)13-20(24-17(5)26)18-8-10-19(23)11-9-18/h6-12,14,20H,13H2,1-5H3,(H,24,26). The van der Waals surface area contributed by atoms with Crippen molar-refractivity contribution in [1.82, 2.24) is 5.32 Å². The first-order chi connectivity index (χ1) is 12.7. The van der Waals surface area contributed by atoms with E-state index in [1.54, 1.807) is 12.1 Å². The van der Waals surface area contributed by atoms with Crippen LogP contribution in [0.4, 0.5) is 5.69 Å². The molecule has 0 bridgehead atoms. The molecule has 1 N–H and O–H groups in total. The van der Waals surface area contributed by atoms with Gasteiger partial charge in [0.15, 0.2) is 0 Å². The highest BCUT2D eigenvalue weighted by Crippen LogP contribution is 2.27. The van der Waals surface area contributed by atoms with Crippen molar-refractivity contribution < 1.29 is 9.59 Å². The summed E-state index contributed by atoms with van der Waals surface area (Å²) in [4.78, 5) is 26.7. The van der Waals surface area contributed by atoms with Gasteiger partial charge >= 0.3 is 0 Å². The summed E-state index contributed by atoms with van der Waals surface area (Å²) in [7, 11) is 0. The van der Waals surface area contributed by atoms with Gasteiger partial charge in [0.05, 0.1) is 12.5 Å². The van der Waals surface area contributed by atoms with Crippen LogP contribution in [0.3, 0.4) is 0 Å². The topological polar surface area (TPSA) is 49.4 Å². The van der Waals surface area contributed by atoms with Gasteiger partial charge in [-0.3, -0.25) is 9.59 Å². The van der Waals surface area contributed by atoms with Crippen LogP contribution in [0.1, 0.15) is 49.9 Å². The highest BCUT2D eigenvalue weighted by atomic mass is 35.5. The van der Waals surface area contributed by atoms with Gasteiger partial charge in [0.25, 0.3) is 0 Å². The first-order valence-corrected chi connectivity index (χ1v) is 9.48. The number of aryl methyl sites for hydroxylation is 2. The molecule has 0 heterocycles. The highest BCUT2D eigenvalue weighted by Gasteiger charge is 2.25. The number of hydrogen-bond donors (Lipinski definition) is 1. The summed E-state index contributed by atoms with van der Waals surface area (Å²) in [6, 6.07) is 12.9. The average molecular weight is 387 g/mol. The molecule has 1 atom stereocenters. The van der Waals surface area contributed by atoms with Gasteiger partial charge in [-0.05, 0) is 62.6 Å². The van der Waals surface area contributed by atoms with E-state index in [1.165, 1.54) is 6.92 Å². The van der Waals surface area contributed by atoms with E-state index in [-0.39, 0.29) is 24.3 Å². The summed E-state index contributed by atoms with van der Waals surface area (Å²) in [5.41, 5.74) is 3.91. The van der Waals surface area contributed by atoms with Gasteiger partial charge in [-0.15, -0.1) is 0 Å². The number of carbonyl (C=O) groups excluding carboxylic acids is 2. The molecule has 0 aliphatic rings. The van der Waals surface area contributed by atoms with Crippen LogP contribution in [0, 0.1) is 13.8 Å². The molecule has 1 unspecified atom stereocenters. The minimum absolute atomic E-state index is 0.00111. The largest absolute Gasteiger partial charge is 0.349 e. The Morgan fingerprint density at radius 3 is 2.26 bits per heavy atom. The predicted octanol–water partition coefficient (Wildman–Crippen LogP) is 4.97. The van der Waals surface area contributed by atoms with Crippen molar-refractivity contribution in [3.8, 4) is 0 Å². The minimum atomic E-state index is -0.404. The van der Waals surface area contributed by atoms with Crippen molar-refractivity contribution in [1.29, 1.82) is 0 Å². The second kappa shape index (κ2) is 9.05. The lowest BCUT2D eigenvalue weighted by molar-refractivity contribution is -0.121. The number of halogens is 1. The number of nitrogens with zero attached hydrogens (tertiary/aromatic N) is 1. The Morgan fingerprint density at radius 2 is 1.70 bits per heavy atom. The lowest BCUT2D eigenvalue weighted by Crippen LogP contribution is -2.40. The maximum Gasteiger partial charge on any atom is 0.229 e. The molecular weight excluding hydrogens is 360 g/mol. The lowest BCUT2D eigenvalue weighted by Gasteiger charge is -2.30. The monoisotopic (exact) mass is 386 g/mol. The molecule has 27 heavy (non-hydrogen) atoms. The smallest absolute Gasteiger partial charge is 0.229 e. The molecule has 2 amide bonds. The van der Waals surface area contributed by atoms with Gasteiger partial charge in [-0.1, -0.05) is 35.9 Å². The third kappa shape index (κ3) is 5.57. The van der Waals surface area contributed by atoms with E-state index in [0.717, 1.165) is 22.4 Å². The number of anilines is 1. The normalized spacial score (nSPS) is 12.0. The number of benzene rings is 2. The summed E-state index contributed by atoms with van der Waals surface area (Å²) in [5.74, 6) is -0.210. The third-order valence-electron chi connectivity index (χ3n) is 4.44. The van der Waals surface area contributed by atoms with E-state index < -0.39 is 6.04 Å². The fourth-order valence-electron chi connectivity index (χ4n) is 3.15. The Balaban J connectivity index is 2.33. The molecule has 0 radical (unpaired) electrons. The molecule has 0 aromatic heterocycles. The van der Waals surface area contributed by atoms with E-state index in [4.69, 9.17) is 11.6 Å². The zero-order valence-corrected chi connectivity index (χ0v) is 17.3. The van der Waals surface area contributed by atoms with Crippen LogP contribution in [-0.4, -0.2) is 17.9 Å². The van der Waals surface area contributed by atoms with Gasteiger partial charge in [0, 0.05) is 23.7 Å². The van der Waals surface area contributed by atoms with Gasteiger partial charge in [-0.2, -0.15) is 0 Å². The van der Waals surface area contributed by atoms with Crippen LogP contribution in [0.2, 0.25) is 5.02 Å². The maximum absolute atomic E-state index is 13.2. The molecule has 144 valence electrons. The Bertz CT molecular complexity index is 816. The molecule has 2 rings (SSSR count). The number of amides is 2. The first-order valence-electron chi connectivity index (χ1n) is 9.11. The van der Waals surface area contributed by atoms with Crippen LogP contribution in [0.5, 0.6) is 0 Å². The van der Waals surface area contributed by atoms with Crippen molar-refractivity contribution in [2.45, 2.75) is 53.1 Å². The van der Waals surface area contributed by atoms with Gasteiger partial charge < -0.3 is 10.2 Å². The van der Waals surface area contributed by atoms with E-state index in [2.05, 4.69) is 5.32 Å². The average Bonchev–Trinajstić information content (AvgIpc) is 2.57. The molecule has 2 aromatic carbocycles. The molecule has 0 aliphatic carbocycles. The van der Waals surface area contributed by atoms with Gasteiger partial charge in [-0.25, -0.2) is 0 Å². The first kappa shape index (κ1) is 21.0. The summed E-state index contributed by atoms with van der Waals surface area (Å²) in [6.07, 6.45) is 0.173. The SMILES string of the molecule is CC(=O)NC(CC(=O)N(c1cc(C)ccc1C)C(C)C)c1ccc(Cl)cc1. The summed E-state index contributed by atoms with van der Waals surface area (Å²) in [6.45, 7) is 9.46. The second-order valence-electron chi connectivity index (χ2n) is 7.16. The number of carbonyl (C=O) groups is 2.